The first-order valence-electron chi connectivity index (χ1n) is 12.1. The van der Waals surface area contributed by atoms with E-state index in [1.54, 1.807) is 30.3 Å². The number of rotatable bonds is 8. The zero-order valence-corrected chi connectivity index (χ0v) is 22.2. The fraction of sp³-hybridized carbons (Fsp3) is 0.0690. The number of benzene rings is 3. The SMILES string of the molecule is COc1ncc(-c2ccc3nc(N)c(-c4cccc(CC(=O)O)c4)cc3c2)cc1NS(=O)(=O)c1ccc(F)cc1F. The molecule has 0 radical (unpaired) electrons. The lowest BCUT2D eigenvalue weighted by Gasteiger charge is -2.14. The van der Waals surface area contributed by atoms with Crippen molar-refractivity contribution in [2.45, 2.75) is 11.3 Å². The Kier molecular flexibility index (Phi) is 7.24. The largest absolute Gasteiger partial charge is 0.481 e. The Labute approximate surface area is 233 Å². The number of nitrogens with two attached hydrogens (primary N) is 1. The summed E-state index contributed by atoms with van der Waals surface area (Å²) in [7, 11) is -3.15. The number of hydrogen-bond donors (Lipinski definition) is 3. The highest BCUT2D eigenvalue weighted by atomic mass is 32.2. The molecule has 0 unspecified atom stereocenters. The molecule has 5 rings (SSSR count). The molecule has 5 aromatic rings. The number of hydrogen-bond acceptors (Lipinski definition) is 7. The third-order valence-electron chi connectivity index (χ3n) is 6.24. The van der Waals surface area contributed by atoms with Gasteiger partial charge in [0.2, 0.25) is 5.88 Å². The molecule has 208 valence electrons. The molecule has 0 atom stereocenters. The minimum absolute atomic E-state index is 0.0554. The molecule has 3 aromatic carbocycles. The molecule has 12 heteroatoms. The molecule has 0 aliphatic rings. The molecule has 0 amide bonds. The summed E-state index contributed by atoms with van der Waals surface area (Å²) in [6, 6.07) is 17.8. The molecular formula is C29H22F2N4O5S. The van der Waals surface area contributed by atoms with Gasteiger partial charge in [-0.1, -0.05) is 30.3 Å². The van der Waals surface area contributed by atoms with Crippen LogP contribution in [0.15, 0.2) is 83.9 Å². The van der Waals surface area contributed by atoms with Crippen LogP contribution in [0.3, 0.4) is 0 Å². The smallest absolute Gasteiger partial charge is 0.307 e. The molecule has 0 fully saturated rings. The fourth-order valence-corrected chi connectivity index (χ4v) is 5.47. The number of ether oxygens (including phenoxy) is 1. The summed E-state index contributed by atoms with van der Waals surface area (Å²) in [6.45, 7) is 0. The van der Waals surface area contributed by atoms with Crippen LogP contribution in [0.4, 0.5) is 20.3 Å². The van der Waals surface area contributed by atoms with Gasteiger partial charge < -0.3 is 15.6 Å². The van der Waals surface area contributed by atoms with Crippen LogP contribution in [0.1, 0.15) is 5.56 Å². The van der Waals surface area contributed by atoms with E-state index in [4.69, 9.17) is 15.6 Å². The Morgan fingerprint density at radius 1 is 1.00 bits per heavy atom. The van der Waals surface area contributed by atoms with Gasteiger partial charge in [0.15, 0.2) is 0 Å². The molecule has 41 heavy (non-hydrogen) atoms. The summed E-state index contributed by atoms with van der Waals surface area (Å²) in [5.74, 6) is -2.89. The van der Waals surface area contributed by atoms with Crippen molar-refractivity contribution in [3.8, 4) is 28.1 Å². The summed E-state index contributed by atoms with van der Waals surface area (Å²) in [5.41, 5.74) is 9.87. The monoisotopic (exact) mass is 576 g/mol. The first kappa shape index (κ1) is 27.5. The normalized spacial score (nSPS) is 11.4. The number of sulfonamides is 1. The molecule has 4 N–H and O–H groups in total. The summed E-state index contributed by atoms with van der Waals surface area (Å²) in [5, 5.41) is 9.85. The lowest BCUT2D eigenvalue weighted by Crippen LogP contribution is -2.15. The number of nitrogen functional groups attached to an aromatic ring is 1. The van der Waals surface area contributed by atoms with Gasteiger partial charge in [0.05, 0.1) is 19.0 Å². The van der Waals surface area contributed by atoms with Crippen LogP contribution in [0.2, 0.25) is 0 Å². The maximum absolute atomic E-state index is 14.2. The molecule has 2 heterocycles. The molecule has 0 aliphatic carbocycles. The molecule has 0 spiro atoms. The van der Waals surface area contributed by atoms with Crippen molar-refractivity contribution < 1.29 is 31.8 Å². The van der Waals surface area contributed by atoms with Crippen LogP contribution in [0, 0.1) is 11.6 Å². The average Bonchev–Trinajstić information content (AvgIpc) is 2.91. The Morgan fingerprint density at radius 3 is 2.54 bits per heavy atom. The van der Waals surface area contributed by atoms with E-state index in [2.05, 4.69) is 14.7 Å². The van der Waals surface area contributed by atoms with Gasteiger partial charge in [-0.15, -0.1) is 0 Å². The standard InChI is InChI=1S/C29H22F2N4O5S/c1-40-29-25(35-41(38,39)26-8-6-21(30)14-23(26)31)13-20(15-33-29)17-5-7-24-19(11-17)12-22(28(32)34-24)18-4-2-3-16(9-18)10-27(36)37/h2-9,11-15,35H,10H2,1H3,(H2,32,34)(H,36,37). The second-order valence-electron chi connectivity index (χ2n) is 9.06. The number of fused-ring (bicyclic) bond motifs is 1. The number of aliphatic carboxylic acids is 1. The maximum atomic E-state index is 14.2. The second kappa shape index (κ2) is 10.8. The van der Waals surface area contributed by atoms with Gasteiger partial charge in [-0.05, 0) is 53.1 Å². The van der Waals surface area contributed by atoms with Gasteiger partial charge in [0.25, 0.3) is 10.0 Å². The summed E-state index contributed by atoms with van der Waals surface area (Å²) in [6.07, 6.45) is 1.35. The van der Waals surface area contributed by atoms with Crippen LogP contribution in [-0.4, -0.2) is 36.6 Å². The van der Waals surface area contributed by atoms with E-state index < -0.39 is 32.5 Å². The first-order chi connectivity index (χ1) is 19.5. The number of nitrogens with zero attached hydrogens (tertiary/aromatic N) is 2. The molecular weight excluding hydrogens is 554 g/mol. The second-order valence-corrected chi connectivity index (χ2v) is 10.7. The Hall–Kier alpha value is -5.10. The van der Waals surface area contributed by atoms with Crippen molar-refractivity contribution >= 4 is 38.4 Å². The highest BCUT2D eigenvalue weighted by Gasteiger charge is 2.22. The first-order valence-corrected chi connectivity index (χ1v) is 13.6. The summed E-state index contributed by atoms with van der Waals surface area (Å²) >= 11 is 0. The van der Waals surface area contributed by atoms with Crippen LogP contribution in [0.5, 0.6) is 5.88 Å². The van der Waals surface area contributed by atoms with Crippen molar-refractivity contribution in [2.24, 2.45) is 0 Å². The summed E-state index contributed by atoms with van der Waals surface area (Å²) in [4.78, 5) is 19.1. The Bertz CT molecular complexity index is 1930. The third-order valence-corrected chi connectivity index (χ3v) is 7.64. The highest BCUT2D eigenvalue weighted by molar-refractivity contribution is 7.92. The van der Waals surface area contributed by atoms with Gasteiger partial charge in [-0.2, -0.15) is 0 Å². The van der Waals surface area contributed by atoms with Crippen LogP contribution in [0.25, 0.3) is 33.2 Å². The van der Waals surface area contributed by atoms with Gasteiger partial charge in [-0.3, -0.25) is 9.52 Å². The van der Waals surface area contributed by atoms with Crippen molar-refractivity contribution in [1.29, 1.82) is 0 Å². The fourth-order valence-electron chi connectivity index (χ4n) is 4.36. The van der Waals surface area contributed by atoms with Gasteiger partial charge in [0, 0.05) is 28.8 Å². The number of carboxylic acid groups (broad SMARTS) is 1. The zero-order chi connectivity index (χ0) is 29.3. The van der Waals surface area contributed by atoms with Gasteiger partial charge in [-0.25, -0.2) is 27.2 Å². The van der Waals surface area contributed by atoms with E-state index >= 15 is 0 Å². The molecule has 0 aliphatic heterocycles. The Morgan fingerprint density at radius 2 is 1.80 bits per heavy atom. The van der Waals surface area contributed by atoms with Crippen molar-refractivity contribution in [3.63, 3.8) is 0 Å². The lowest BCUT2D eigenvalue weighted by molar-refractivity contribution is -0.136. The van der Waals surface area contributed by atoms with Crippen molar-refractivity contribution in [2.75, 3.05) is 17.6 Å². The number of methoxy groups -OCH3 is 1. The lowest BCUT2D eigenvalue weighted by atomic mass is 9.99. The number of carboxylic acids is 1. The van der Waals surface area contributed by atoms with E-state index in [1.807, 2.05) is 18.2 Å². The maximum Gasteiger partial charge on any atom is 0.307 e. The van der Waals surface area contributed by atoms with Gasteiger partial charge >= 0.3 is 5.97 Å². The van der Waals surface area contributed by atoms with Crippen LogP contribution in [-0.2, 0) is 21.2 Å². The van der Waals surface area contributed by atoms with Crippen molar-refractivity contribution in [1.82, 2.24) is 9.97 Å². The van der Waals surface area contributed by atoms with Crippen LogP contribution < -0.4 is 15.2 Å². The van der Waals surface area contributed by atoms with E-state index in [9.17, 15) is 22.0 Å². The molecule has 2 aromatic heterocycles. The number of pyridine rings is 2. The Balaban J connectivity index is 1.54. The van der Waals surface area contributed by atoms with Crippen LogP contribution >= 0.6 is 0 Å². The number of nitrogens with one attached hydrogen (secondary N) is 1. The van der Waals surface area contributed by atoms with E-state index in [-0.39, 0.29) is 23.8 Å². The number of carbonyl (C=O) groups is 1. The highest BCUT2D eigenvalue weighted by Crippen LogP contribution is 2.34. The minimum Gasteiger partial charge on any atom is -0.481 e. The third kappa shape index (κ3) is 5.77. The number of halogens is 2. The number of aromatic nitrogens is 2. The molecule has 0 bridgehead atoms. The summed E-state index contributed by atoms with van der Waals surface area (Å²) < 4.78 is 60.8. The number of anilines is 2. The van der Waals surface area contributed by atoms with E-state index in [1.165, 1.54) is 19.4 Å². The minimum atomic E-state index is -4.45. The molecule has 0 saturated heterocycles. The van der Waals surface area contributed by atoms with Gasteiger partial charge in [0.1, 0.15) is 28.0 Å². The predicted octanol–water partition coefficient (Wildman–Crippen LogP) is 5.26. The topological polar surface area (TPSA) is 144 Å². The quantitative estimate of drug-likeness (QED) is 0.227. The average molecular weight is 577 g/mol. The molecule has 9 nitrogen and oxygen atoms in total. The van der Waals surface area contributed by atoms with E-state index in [0.29, 0.717) is 44.8 Å². The zero-order valence-electron chi connectivity index (χ0n) is 21.4. The predicted molar refractivity (Wildman–Crippen MR) is 150 cm³/mol. The molecule has 0 saturated carbocycles. The van der Waals surface area contributed by atoms with E-state index in [0.717, 1.165) is 12.1 Å². The van der Waals surface area contributed by atoms with Crippen molar-refractivity contribution in [3.05, 3.63) is 96.2 Å².